The molecule has 1 fully saturated rings. The molecule has 1 aliphatic heterocycles. The van der Waals surface area contributed by atoms with Gasteiger partial charge in [-0.3, -0.25) is 0 Å². The minimum atomic E-state index is -1.21. The Kier molecular flexibility index (Phi) is 6.62. The van der Waals surface area contributed by atoms with Crippen LogP contribution in [-0.4, -0.2) is 65.8 Å². The summed E-state index contributed by atoms with van der Waals surface area (Å²) < 4.78 is 31.3. The van der Waals surface area contributed by atoms with Gasteiger partial charge in [-0.25, -0.2) is 14.4 Å². The Morgan fingerprint density at radius 1 is 1.03 bits per heavy atom. The van der Waals surface area contributed by atoms with Gasteiger partial charge >= 0.3 is 0 Å². The topological polar surface area (TPSA) is 103 Å². The van der Waals surface area contributed by atoms with Crippen LogP contribution in [0.1, 0.15) is 22.9 Å². The number of hydrogen-bond acceptors (Lipinski definition) is 9. The van der Waals surface area contributed by atoms with Gasteiger partial charge in [-0.2, -0.15) is 0 Å². The Bertz CT molecular complexity index is 1410. The van der Waals surface area contributed by atoms with Gasteiger partial charge in [-0.1, -0.05) is 0 Å². The molecule has 0 spiro atoms. The molecule has 1 N–H and O–H groups in total. The maximum absolute atomic E-state index is 15.3. The summed E-state index contributed by atoms with van der Waals surface area (Å²) in [6.45, 7) is 4.74. The van der Waals surface area contributed by atoms with Crippen molar-refractivity contribution in [2.45, 2.75) is 13.0 Å². The molecule has 4 aromatic rings. The molecule has 1 unspecified atom stereocenters. The Morgan fingerprint density at radius 2 is 1.83 bits per heavy atom. The first-order chi connectivity index (χ1) is 17.5. The first kappa shape index (κ1) is 23.8. The molecule has 1 atom stereocenters. The number of ether oxygens (including phenoxy) is 3. The van der Waals surface area contributed by atoms with Crippen LogP contribution in [0.25, 0.3) is 22.2 Å². The Hall–Kier alpha value is -3.89. The minimum absolute atomic E-state index is 0.187. The van der Waals surface area contributed by atoms with E-state index in [9.17, 15) is 5.11 Å². The first-order valence-corrected chi connectivity index (χ1v) is 11.5. The molecule has 186 valence electrons. The van der Waals surface area contributed by atoms with Gasteiger partial charge in [0.15, 0.2) is 0 Å². The lowest BCUT2D eigenvalue weighted by molar-refractivity contribution is 0.122. The number of anilines is 1. The summed E-state index contributed by atoms with van der Waals surface area (Å²) in [4.78, 5) is 11.0. The SMILES string of the molecule is COc1cc(F)c(-c2ncnc3cc(N4CCOCC4)ccc23)cc1C(O)c1cc(C)c(OC)nn1. The number of aromatic nitrogens is 4. The molecule has 36 heavy (non-hydrogen) atoms. The third-order valence-corrected chi connectivity index (χ3v) is 6.30. The van der Waals surface area contributed by atoms with Crippen LogP contribution in [0.15, 0.2) is 42.7 Å². The van der Waals surface area contributed by atoms with E-state index in [1.807, 2.05) is 18.2 Å². The summed E-state index contributed by atoms with van der Waals surface area (Å²) in [6.07, 6.45) is 0.205. The number of morpholine rings is 1. The molecule has 3 heterocycles. The molecular formula is C26H26FN5O4. The number of fused-ring (bicyclic) bond motifs is 1. The van der Waals surface area contributed by atoms with Crippen LogP contribution < -0.4 is 14.4 Å². The largest absolute Gasteiger partial charge is 0.496 e. The zero-order chi connectivity index (χ0) is 25.2. The van der Waals surface area contributed by atoms with E-state index in [1.165, 1.54) is 32.7 Å². The van der Waals surface area contributed by atoms with E-state index in [4.69, 9.17) is 14.2 Å². The highest BCUT2D eigenvalue weighted by Gasteiger charge is 2.23. The van der Waals surface area contributed by atoms with Gasteiger partial charge in [-0.15, -0.1) is 10.2 Å². The van der Waals surface area contributed by atoms with Gasteiger partial charge in [-0.05, 0) is 37.3 Å². The van der Waals surface area contributed by atoms with E-state index < -0.39 is 11.9 Å². The summed E-state index contributed by atoms with van der Waals surface area (Å²) in [5, 5.41) is 19.9. The Balaban J connectivity index is 1.58. The van der Waals surface area contributed by atoms with Gasteiger partial charge in [0, 0.05) is 46.9 Å². The van der Waals surface area contributed by atoms with Crippen molar-refractivity contribution in [1.82, 2.24) is 20.2 Å². The summed E-state index contributed by atoms with van der Waals surface area (Å²) >= 11 is 0. The number of benzene rings is 2. The molecule has 2 aromatic heterocycles. The molecule has 0 aliphatic carbocycles. The second kappa shape index (κ2) is 10.00. The predicted molar refractivity (Wildman–Crippen MR) is 132 cm³/mol. The first-order valence-electron chi connectivity index (χ1n) is 11.5. The lowest BCUT2D eigenvalue weighted by atomic mass is 9.98. The van der Waals surface area contributed by atoms with E-state index in [-0.39, 0.29) is 17.0 Å². The van der Waals surface area contributed by atoms with E-state index >= 15 is 4.39 Å². The molecule has 0 bridgehead atoms. The average Bonchev–Trinajstić information content (AvgIpc) is 2.92. The molecule has 9 nitrogen and oxygen atoms in total. The van der Waals surface area contributed by atoms with Gasteiger partial charge in [0.2, 0.25) is 5.88 Å². The Morgan fingerprint density at radius 3 is 2.56 bits per heavy atom. The lowest BCUT2D eigenvalue weighted by Crippen LogP contribution is -2.36. The lowest BCUT2D eigenvalue weighted by Gasteiger charge is -2.29. The summed E-state index contributed by atoms with van der Waals surface area (Å²) in [7, 11) is 2.92. The van der Waals surface area contributed by atoms with Crippen LogP contribution in [0.4, 0.5) is 10.1 Å². The number of nitrogens with zero attached hydrogens (tertiary/aromatic N) is 5. The highest BCUT2D eigenvalue weighted by atomic mass is 19.1. The zero-order valence-electron chi connectivity index (χ0n) is 20.2. The van der Waals surface area contributed by atoms with E-state index in [0.29, 0.717) is 46.8 Å². The number of halogens is 1. The van der Waals surface area contributed by atoms with Gasteiger partial charge in [0.05, 0.1) is 44.3 Å². The van der Waals surface area contributed by atoms with Crippen LogP contribution in [-0.2, 0) is 4.74 Å². The fourth-order valence-electron chi connectivity index (χ4n) is 4.41. The number of aliphatic hydroxyl groups excluding tert-OH is 1. The van der Waals surface area contributed by atoms with E-state index in [2.05, 4.69) is 25.1 Å². The second-order valence-electron chi connectivity index (χ2n) is 8.46. The molecule has 2 aromatic carbocycles. The van der Waals surface area contributed by atoms with Crippen molar-refractivity contribution >= 4 is 16.6 Å². The number of aryl methyl sites for hydroxylation is 1. The van der Waals surface area contributed by atoms with Crippen molar-refractivity contribution in [3.05, 3.63) is 65.4 Å². The highest BCUT2D eigenvalue weighted by molar-refractivity contribution is 5.94. The third-order valence-electron chi connectivity index (χ3n) is 6.30. The molecule has 0 radical (unpaired) electrons. The molecule has 0 saturated carbocycles. The van der Waals surface area contributed by atoms with Gasteiger partial charge in [0.25, 0.3) is 0 Å². The quantitative estimate of drug-likeness (QED) is 0.434. The molecule has 10 heteroatoms. The van der Waals surface area contributed by atoms with Crippen molar-refractivity contribution in [1.29, 1.82) is 0 Å². The summed E-state index contributed by atoms with van der Waals surface area (Å²) in [5.41, 5.74) is 3.68. The maximum Gasteiger partial charge on any atom is 0.236 e. The zero-order valence-corrected chi connectivity index (χ0v) is 20.2. The van der Waals surface area contributed by atoms with E-state index in [0.717, 1.165) is 18.8 Å². The summed E-state index contributed by atoms with van der Waals surface area (Å²) in [5.74, 6) is 0.0191. The number of hydrogen-bond donors (Lipinski definition) is 1. The fraction of sp³-hybridized carbons (Fsp3) is 0.308. The molecular weight excluding hydrogens is 465 g/mol. The predicted octanol–water partition coefficient (Wildman–Crippen LogP) is 3.47. The Labute approximate surface area is 207 Å². The second-order valence-corrected chi connectivity index (χ2v) is 8.46. The fourth-order valence-corrected chi connectivity index (χ4v) is 4.41. The maximum atomic E-state index is 15.3. The molecule has 1 aliphatic rings. The van der Waals surface area contributed by atoms with Crippen LogP contribution in [0, 0.1) is 12.7 Å². The van der Waals surface area contributed by atoms with Crippen LogP contribution >= 0.6 is 0 Å². The van der Waals surface area contributed by atoms with Crippen molar-refractivity contribution in [3.63, 3.8) is 0 Å². The van der Waals surface area contributed by atoms with Crippen LogP contribution in [0.5, 0.6) is 11.6 Å². The summed E-state index contributed by atoms with van der Waals surface area (Å²) in [6, 6.07) is 10.3. The molecule has 1 saturated heterocycles. The molecule has 5 rings (SSSR count). The van der Waals surface area contributed by atoms with Crippen molar-refractivity contribution in [3.8, 4) is 22.9 Å². The normalized spacial score (nSPS) is 14.6. The molecule has 0 amide bonds. The standard InChI is InChI=1S/C26H26FN5O4/c1-15-10-22(30-31-26(15)35-3)25(33)19-12-18(20(27)13-23(19)34-2)24-17-5-4-16(11-21(17)28-14-29-24)32-6-8-36-9-7-32/h4-5,10-14,25,33H,6-9H2,1-3H3. The monoisotopic (exact) mass is 491 g/mol. The number of methoxy groups -OCH3 is 2. The number of rotatable bonds is 6. The third kappa shape index (κ3) is 4.40. The van der Waals surface area contributed by atoms with Crippen LogP contribution in [0.2, 0.25) is 0 Å². The minimum Gasteiger partial charge on any atom is -0.496 e. The smallest absolute Gasteiger partial charge is 0.236 e. The highest BCUT2D eigenvalue weighted by Crippen LogP contribution is 2.37. The van der Waals surface area contributed by atoms with Crippen LogP contribution in [0.3, 0.4) is 0 Å². The van der Waals surface area contributed by atoms with Crippen molar-refractivity contribution < 1.29 is 23.7 Å². The average molecular weight is 492 g/mol. The van der Waals surface area contributed by atoms with Crippen molar-refractivity contribution in [2.24, 2.45) is 0 Å². The van der Waals surface area contributed by atoms with E-state index in [1.54, 1.807) is 13.0 Å². The number of aliphatic hydroxyl groups is 1. The van der Waals surface area contributed by atoms with Gasteiger partial charge < -0.3 is 24.2 Å². The van der Waals surface area contributed by atoms with Gasteiger partial charge in [0.1, 0.15) is 24.0 Å². The van der Waals surface area contributed by atoms with Crippen molar-refractivity contribution in [2.75, 3.05) is 45.4 Å².